The summed E-state index contributed by atoms with van der Waals surface area (Å²) in [6, 6.07) is 10.4. The van der Waals surface area contributed by atoms with E-state index in [4.69, 9.17) is 4.42 Å². The first-order valence-corrected chi connectivity index (χ1v) is 11.2. The fourth-order valence-corrected chi connectivity index (χ4v) is 4.99. The summed E-state index contributed by atoms with van der Waals surface area (Å²) >= 11 is 1.56. The lowest BCUT2D eigenvalue weighted by Crippen LogP contribution is -2.17. The van der Waals surface area contributed by atoms with Gasteiger partial charge in [0.1, 0.15) is 11.5 Å². The maximum Gasteiger partial charge on any atom is 0.416 e. The van der Waals surface area contributed by atoms with Crippen molar-refractivity contribution < 1.29 is 22.7 Å². The highest BCUT2D eigenvalue weighted by Gasteiger charge is 2.38. The summed E-state index contributed by atoms with van der Waals surface area (Å²) in [5, 5.41) is 12.7. The fraction of sp³-hybridized carbons (Fsp3) is 0.375. The second-order valence-corrected chi connectivity index (χ2v) is 9.05. The Morgan fingerprint density at radius 2 is 1.90 bits per heavy atom. The van der Waals surface area contributed by atoms with E-state index >= 15 is 0 Å². The topological polar surface area (TPSA) is 50.4 Å². The Bertz CT molecular complexity index is 1080. The molecule has 0 spiro atoms. The fourth-order valence-electron chi connectivity index (χ4n) is 4.06. The van der Waals surface area contributed by atoms with Crippen molar-refractivity contribution in [1.82, 2.24) is 0 Å². The van der Waals surface area contributed by atoms with Crippen LogP contribution < -0.4 is 5.63 Å². The maximum absolute atomic E-state index is 12.9. The lowest BCUT2D eigenvalue weighted by atomic mass is 9.90. The average Bonchev–Trinajstić information content (AvgIpc) is 3.41. The van der Waals surface area contributed by atoms with Crippen LogP contribution in [0.2, 0.25) is 0 Å². The van der Waals surface area contributed by atoms with Gasteiger partial charge in [-0.3, -0.25) is 0 Å². The van der Waals surface area contributed by atoms with Crippen LogP contribution >= 0.6 is 11.3 Å². The van der Waals surface area contributed by atoms with Crippen LogP contribution in [-0.2, 0) is 12.6 Å². The first-order valence-electron chi connectivity index (χ1n) is 10.3. The van der Waals surface area contributed by atoms with Crippen LogP contribution in [0.15, 0.2) is 57.1 Å². The molecule has 1 aromatic carbocycles. The molecule has 164 valence electrons. The highest BCUT2D eigenvalue weighted by molar-refractivity contribution is 7.10. The lowest BCUT2D eigenvalue weighted by Gasteiger charge is -2.18. The number of halogens is 3. The predicted molar refractivity (Wildman–Crippen MR) is 114 cm³/mol. The number of aromatic hydroxyl groups is 1. The molecule has 3 nitrogen and oxygen atoms in total. The van der Waals surface area contributed by atoms with E-state index in [1.165, 1.54) is 18.2 Å². The molecule has 2 atom stereocenters. The van der Waals surface area contributed by atoms with Crippen molar-refractivity contribution in [1.29, 1.82) is 0 Å². The Labute approximate surface area is 182 Å². The largest absolute Gasteiger partial charge is 0.507 e. The van der Waals surface area contributed by atoms with E-state index in [0.717, 1.165) is 29.9 Å². The molecule has 4 rings (SSSR count). The molecule has 1 aliphatic rings. The van der Waals surface area contributed by atoms with Crippen LogP contribution in [0.1, 0.15) is 65.3 Å². The van der Waals surface area contributed by atoms with Crippen LogP contribution in [0.5, 0.6) is 5.75 Å². The normalized spacial score (nSPS) is 16.3. The number of hydrogen-bond acceptors (Lipinski definition) is 4. The molecular weight excluding hydrogens is 425 g/mol. The van der Waals surface area contributed by atoms with Gasteiger partial charge < -0.3 is 9.52 Å². The first-order chi connectivity index (χ1) is 14.8. The van der Waals surface area contributed by atoms with Crippen molar-refractivity contribution in [2.45, 2.75) is 50.6 Å². The van der Waals surface area contributed by atoms with Crippen LogP contribution in [0.25, 0.3) is 0 Å². The Morgan fingerprint density at radius 3 is 2.42 bits per heavy atom. The minimum Gasteiger partial charge on any atom is -0.507 e. The van der Waals surface area contributed by atoms with Gasteiger partial charge in [-0.2, -0.15) is 13.2 Å². The van der Waals surface area contributed by atoms with Gasteiger partial charge in [0.25, 0.3) is 0 Å². The molecule has 0 aliphatic heterocycles. The van der Waals surface area contributed by atoms with Crippen LogP contribution in [-0.4, -0.2) is 5.11 Å². The van der Waals surface area contributed by atoms with Gasteiger partial charge in [0.15, 0.2) is 0 Å². The molecule has 1 saturated carbocycles. The average molecular weight is 449 g/mol. The molecular formula is C24H23F3O3S. The van der Waals surface area contributed by atoms with Gasteiger partial charge in [-0.05, 0) is 60.7 Å². The van der Waals surface area contributed by atoms with Crippen molar-refractivity contribution in [2.24, 2.45) is 5.92 Å². The van der Waals surface area contributed by atoms with E-state index in [-0.39, 0.29) is 17.6 Å². The second-order valence-electron chi connectivity index (χ2n) is 8.07. The molecule has 3 aromatic rings. The monoisotopic (exact) mass is 448 g/mol. The van der Waals surface area contributed by atoms with Crippen molar-refractivity contribution in [3.8, 4) is 5.75 Å². The minimum atomic E-state index is -4.38. The predicted octanol–water partition coefficient (Wildman–Crippen LogP) is 6.70. The van der Waals surface area contributed by atoms with Gasteiger partial charge in [0, 0.05) is 22.8 Å². The zero-order valence-corrected chi connectivity index (χ0v) is 17.8. The summed E-state index contributed by atoms with van der Waals surface area (Å²) in [5.41, 5.74) is -0.220. The Kier molecular flexibility index (Phi) is 5.97. The van der Waals surface area contributed by atoms with Crippen LogP contribution in [0.3, 0.4) is 0 Å². The molecule has 1 N–H and O–H groups in total. The summed E-state index contributed by atoms with van der Waals surface area (Å²) in [4.78, 5) is 13.9. The van der Waals surface area contributed by atoms with Crippen LogP contribution in [0, 0.1) is 5.92 Å². The smallest absolute Gasteiger partial charge is 0.416 e. The van der Waals surface area contributed by atoms with Gasteiger partial charge in [-0.15, -0.1) is 11.3 Å². The van der Waals surface area contributed by atoms with E-state index in [9.17, 15) is 23.1 Å². The maximum atomic E-state index is 12.9. The highest BCUT2D eigenvalue weighted by atomic mass is 32.1. The third-order valence-corrected chi connectivity index (χ3v) is 6.85. The standard InChI is InChI=1S/C24H23F3O3S/c1-2-15(12-14-5-9-17(10-6-14)24(25,26)27)19-13-18(28)22(23(29)30-19)21(16-7-8-16)20-4-3-11-31-20/h3-6,9-11,13,15-16,21,28H,2,7-8,12H2,1H3. The SMILES string of the molecule is CCC(Cc1ccc(C(F)(F)F)cc1)c1cc(O)c(C(c2cccs2)C2CC2)c(=O)o1. The lowest BCUT2D eigenvalue weighted by molar-refractivity contribution is -0.137. The Balaban J connectivity index is 1.61. The van der Waals surface area contributed by atoms with E-state index < -0.39 is 17.4 Å². The molecule has 0 saturated heterocycles. The molecule has 2 aromatic heterocycles. The Morgan fingerprint density at radius 1 is 1.19 bits per heavy atom. The molecule has 1 aliphatic carbocycles. The van der Waals surface area contributed by atoms with Gasteiger partial charge >= 0.3 is 11.8 Å². The van der Waals surface area contributed by atoms with Gasteiger partial charge in [0.2, 0.25) is 0 Å². The van der Waals surface area contributed by atoms with E-state index in [1.807, 2.05) is 24.4 Å². The van der Waals surface area contributed by atoms with Crippen molar-refractivity contribution >= 4 is 11.3 Å². The molecule has 2 unspecified atom stereocenters. The van der Waals surface area contributed by atoms with Crippen molar-refractivity contribution in [3.05, 3.63) is 85.6 Å². The number of alkyl halides is 3. The number of hydrogen-bond donors (Lipinski definition) is 1. The molecule has 2 heterocycles. The van der Waals surface area contributed by atoms with Gasteiger partial charge in [-0.1, -0.05) is 25.1 Å². The highest BCUT2D eigenvalue weighted by Crippen LogP contribution is 2.49. The number of thiophene rings is 1. The summed E-state index contributed by atoms with van der Waals surface area (Å²) in [6.45, 7) is 1.92. The molecule has 0 radical (unpaired) electrons. The molecule has 7 heteroatoms. The van der Waals surface area contributed by atoms with E-state index in [1.54, 1.807) is 11.3 Å². The second kappa shape index (κ2) is 8.54. The number of benzene rings is 1. The first kappa shape index (κ1) is 21.7. The summed E-state index contributed by atoms with van der Waals surface area (Å²) in [5.74, 6) is 0.218. The Hall–Kier alpha value is -2.54. The number of rotatable bonds is 7. The zero-order chi connectivity index (χ0) is 22.2. The molecule has 0 amide bonds. The van der Waals surface area contributed by atoms with Crippen LogP contribution in [0.4, 0.5) is 13.2 Å². The summed E-state index contributed by atoms with van der Waals surface area (Å²) in [7, 11) is 0. The molecule has 31 heavy (non-hydrogen) atoms. The van der Waals surface area contributed by atoms with E-state index in [2.05, 4.69) is 0 Å². The third-order valence-electron chi connectivity index (χ3n) is 5.90. The minimum absolute atomic E-state index is 0.0672. The zero-order valence-electron chi connectivity index (χ0n) is 17.0. The summed E-state index contributed by atoms with van der Waals surface area (Å²) in [6.07, 6.45) is -1.34. The molecule has 0 bridgehead atoms. The van der Waals surface area contributed by atoms with Gasteiger partial charge in [0.05, 0.1) is 11.1 Å². The third kappa shape index (κ3) is 4.71. The molecule has 1 fully saturated rings. The summed E-state index contributed by atoms with van der Waals surface area (Å²) < 4.78 is 44.0. The quantitative estimate of drug-likeness (QED) is 0.437. The van der Waals surface area contributed by atoms with Crippen molar-refractivity contribution in [2.75, 3.05) is 0 Å². The van der Waals surface area contributed by atoms with E-state index in [0.29, 0.717) is 35.6 Å². The van der Waals surface area contributed by atoms with Gasteiger partial charge in [-0.25, -0.2) is 4.79 Å². The van der Waals surface area contributed by atoms with Crippen molar-refractivity contribution in [3.63, 3.8) is 0 Å².